The highest BCUT2D eigenvalue weighted by molar-refractivity contribution is 6.16. The number of aromatic nitrogens is 2. The summed E-state index contributed by atoms with van der Waals surface area (Å²) in [6, 6.07) is 4.91. The maximum atomic E-state index is 13.6. The summed E-state index contributed by atoms with van der Waals surface area (Å²) in [7, 11) is 1.64. The number of para-hydroxylation sites is 1. The molecule has 0 saturated heterocycles. The maximum Gasteiger partial charge on any atom is 0.151 e. The molecule has 1 aromatic heterocycles. The van der Waals surface area contributed by atoms with Crippen LogP contribution >= 0.6 is 11.6 Å². The molecule has 0 N–H and O–H groups in total. The third-order valence-electron chi connectivity index (χ3n) is 2.77. The molecule has 2 rings (SSSR count). The Bertz CT molecular complexity index is 526. The summed E-state index contributed by atoms with van der Waals surface area (Å²) in [4.78, 5) is 4.22. The van der Waals surface area contributed by atoms with E-state index in [-0.39, 0.29) is 17.8 Å². The van der Waals surface area contributed by atoms with Crippen molar-refractivity contribution in [2.45, 2.75) is 25.5 Å². The molecule has 0 amide bonds. The SMILES string of the molecule is COC(C)Cn1c(CCl)nc2c(F)cccc21. The molecule has 0 aliphatic rings. The topological polar surface area (TPSA) is 27.1 Å². The Balaban J connectivity index is 2.55. The number of hydrogen-bond acceptors (Lipinski definition) is 2. The summed E-state index contributed by atoms with van der Waals surface area (Å²) >= 11 is 5.84. The minimum atomic E-state index is -0.322. The van der Waals surface area contributed by atoms with Gasteiger partial charge in [-0.2, -0.15) is 0 Å². The van der Waals surface area contributed by atoms with Crippen LogP contribution in [-0.2, 0) is 17.2 Å². The molecule has 1 atom stereocenters. The molecule has 92 valence electrons. The highest BCUT2D eigenvalue weighted by atomic mass is 35.5. The molecular formula is C12H14ClFN2O. The molecular weight excluding hydrogens is 243 g/mol. The monoisotopic (exact) mass is 256 g/mol. The standard InChI is InChI=1S/C12H14ClFN2O/c1-8(17-2)7-16-10-5-3-4-9(14)12(10)15-11(16)6-13/h3-5,8H,6-7H2,1-2H3. The van der Waals surface area contributed by atoms with E-state index in [9.17, 15) is 4.39 Å². The lowest BCUT2D eigenvalue weighted by Crippen LogP contribution is -2.16. The Morgan fingerprint density at radius 1 is 1.53 bits per heavy atom. The van der Waals surface area contributed by atoms with Crippen molar-refractivity contribution in [3.8, 4) is 0 Å². The van der Waals surface area contributed by atoms with Crippen molar-refractivity contribution in [3.63, 3.8) is 0 Å². The molecule has 3 nitrogen and oxygen atoms in total. The predicted octanol–water partition coefficient (Wildman–Crippen LogP) is 2.95. The van der Waals surface area contributed by atoms with Crippen molar-refractivity contribution in [3.05, 3.63) is 29.8 Å². The lowest BCUT2D eigenvalue weighted by Gasteiger charge is -2.13. The van der Waals surface area contributed by atoms with Gasteiger partial charge in [0, 0.05) is 7.11 Å². The molecule has 1 aromatic carbocycles. The fourth-order valence-corrected chi connectivity index (χ4v) is 2.00. The Labute approximate surface area is 104 Å². The summed E-state index contributed by atoms with van der Waals surface area (Å²) in [6.45, 7) is 2.56. The summed E-state index contributed by atoms with van der Waals surface area (Å²) in [6.07, 6.45) is 0.0256. The predicted molar refractivity (Wildman–Crippen MR) is 65.7 cm³/mol. The van der Waals surface area contributed by atoms with E-state index in [0.29, 0.717) is 17.9 Å². The molecule has 1 unspecified atom stereocenters. The van der Waals surface area contributed by atoms with Crippen molar-refractivity contribution in [2.75, 3.05) is 7.11 Å². The first-order valence-corrected chi connectivity index (χ1v) is 5.93. The molecule has 5 heteroatoms. The number of benzene rings is 1. The second-order valence-corrected chi connectivity index (χ2v) is 4.19. The number of methoxy groups -OCH3 is 1. The zero-order valence-corrected chi connectivity index (χ0v) is 10.5. The smallest absolute Gasteiger partial charge is 0.151 e. The summed E-state index contributed by atoms with van der Waals surface area (Å²) in [5.74, 6) is 0.596. The lowest BCUT2D eigenvalue weighted by molar-refractivity contribution is 0.103. The first-order chi connectivity index (χ1) is 8.17. The Morgan fingerprint density at radius 2 is 2.29 bits per heavy atom. The van der Waals surface area contributed by atoms with Gasteiger partial charge < -0.3 is 9.30 Å². The van der Waals surface area contributed by atoms with E-state index in [4.69, 9.17) is 16.3 Å². The summed E-state index contributed by atoms with van der Waals surface area (Å²) < 4.78 is 20.7. The zero-order chi connectivity index (χ0) is 12.4. The average molecular weight is 257 g/mol. The first-order valence-electron chi connectivity index (χ1n) is 5.39. The third kappa shape index (κ3) is 2.28. The number of halogens is 2. The van der Waals surface area contributed by atoms with Crippen molar-refractivity contribution in [1.29, 1.82) is 0 Å². The number of alkyl halides is 1. The van der Waals surface area contributed by atoms with Crippen LogP contribution in [0.25, 0.3) is 11.0 Å². The number of hydrogen-bond donors (Lipinski definition) is 0. The molecule has 2 aromatic rings. The van der Waals surface area contributed by atoms with Crippen molar-refractivity contribution in [2.24, 2.45) is 0 Å². The zero-order valence-electron chi connectivity index (χ0n) is 9.78. The van der Waals surface area contributed by atoms with Crippen LogP contribution in [0.3, 0.4) is 0 Å². The fraction of sp³-hybridized carbons (Fsp3) is 0.417. The quantitative estimate of drug-likeness (QED) is 0.787. The van der Waals surface area contributed by atoms with E-state index in [0.717, 1.165) is 5.52 Å². The molecule has 0 aliphatic carbocycles. The molecule has 0 spiro atoms. The van der Waals surface area contributed by atoms with Crippen LogP contribution in [0.4, 0.5) is 4.39 Å². The van der Waals surface area contributed by atoms with Gasteiger partial charge in [0.25, 0.3) is 0 Å². The minimum Gasteiger partial charge on any atom is -0.380 e. The Morgan fingerprint density at radius 3 is 2.94 bits per heavy atom. The van der Waals surface area contributed by atoms with E-state index in [2.05, 4.69) is 4.98 Å². The van der Waals surface area contributed by atoms with Gasteiger partial charge in [-0.25, -0.2) is 9.37 Å². The lowest BCUT2D eigenvalue weighted by atomic mass is 10.3. The molecule has 0 fully saturated rings. The van der Waals surface area contributed by atoms with E-state index < -0.39 is 0 Å². The second-order valence-electron chi connectivity index (χ2n) is 3.93. The molecule has 0 aliphatic heterocycles. The van der Waals surface area contributed by atoms with Gasteiger partial charge in [-0.05, 0) is 19.1 Å². The van der Waals surface area contributed by atoms with Gasteiger partial charge in [0.2, 0.25) is 0 Å². The third-order valence-corrected chi connectivity index (χ3v) is 3.01. The van der Waals surface area contributed by atoms with Crippen molar-refractivity contribution >= 4 is 22.6 Å². The number of nitrogens with zero attached hydrogens (tertiary/aromatic N) is 2. The summed E-state index contributed by atoms with van der Waals surface area (Å²) in [5.41, 5.74) is 1.12. The Hall–Kier alpha value is -1.13. The highest BCUT2D eigenvalue weighted by Gasteiger charge is 2.14. The van der Waals surface area contributed by atoms with E-state index in [1.165, 1.54) is 6.07 Å². The number of imidazole rings is 1. The van der Waals surface area contributed by atoms with Crippen molar-refractivity contribution < 1.29 is 9.13 Å². The van der Waals surface area contributed by atoms with E-state index in [1.54, 1.807) is 13.2 Å². The highest BCUT2D eigenvalue weighted by Crippen LogP contribution is 2.20. The van der Waals surface area contributed by atoms with Crippen LogP contribution in [0.5, 0.6) is 0 Å². The van der Waals surface area contributed by atoms with Gasteiger partial charge >= 0.3 is 0 Å². The van der Waals surface area contributed by atoms with Crippen LogP contribution in [0.1, 0.15) is 12.7 Å². The normalized spacial score (nSPS) is 13.2. The van der Waals surface area contributed by atoms with Crippen LogP contribution in [-0.4, -0.2) is 22.8 Å². The first kappa shape index (κ1) is 12.3. The van der Waals surface area contributed by atoms with Crippen LogP contribution in [0, 0.1) is 5.82 Å². The number of rotatable bonds is 4. The van der Waals surface area contributed by atoms with E-state index in [1.807, 2.05) is 17.6 Å². The number of ether oxygens (including phenoxy) is 1. The average Bonchev–Trinajstić information content (AvgIpc) is 2.69. The molecule has 1 heterocycles. The molecule has 17 heavy (non-hydrogen) atoms. The van der Waals surface area contributed by atoms with Gasteiger partial charge in [-0.3, -0.25) is 0 Å². The van der Waals surface area contributed by atoms with Crippen LogP contribution in [0.15, 0.2) is 18.2 Å². The van der Waals surface area contributed by atoms with Crippen LogP contribution in [0.2, 0.25) is 0 Å². The maximum absolute atomic E-state index is 13.6. The van der Waals surface area contributed by atoms with Gasteiger partial charge in [0.05, 0.1) is 24.0 Å². The van der Waals surface area contributed by atoms with Gasteiger partial charge in [-0.1, -0.05) is 6.07 Å². The summed E-state index contributed by atoms with van der Waals surface area (Å²) in [5, 5.41) is 0. The van der Waals surface area contributed by atoms with Gasteiger partial charge in [0.1, 0.15) is 11.3 Å². The van der Waals surface area contributed by atoms with Crippen molar-refractivity contribution in [1.82, 2.24) is 9.55 Å². The molecule has 0 radical (unpaired) electrons. The minimum absolute atomic E-state index is 0.0256. The largest absolute Gasteiger partial charge is 0.380 e. The molecule has 0 saturated carbocycles. The van der Waals surface area contributed by atoms with Gasteiger partial charge in [0.15, 0.2) is 5.82 Å². The number of fused-ring (bicyclic) bond motifs is 1. The second kappa shape index (κ2) is 5.02. The van der Waals surface area contributed by atoms with Crippen LogP contribution < -0.4 is 0 Å². The fourth-order valence-electron chi connectivity index (χ4n) is 1.80. The molecule has 0 bridgehead atoms. The van der Waals surface area contributed by atoms with E-state index >= 15 is 0 Å². The Kier molecular flexibility index (Phi) is 3.64. The van der Waals surface area contributed by atoms with Gasteiger partial charge in [-0.15, -0.1) is 11.6 Å².